The number of hydrogen-bond donors (Lipinski definition) is 2. The van der Waals surface area contributed by atoms with E-state index in [4.69, 9.17) is 4.74 Å². The van der Waals surface area contributed by atoms with Crippen LogP contribution in [0.25, 0.3) is 0 Å². The fraction of sp³-hybridized carbons (Fsp3) is 0.429. The van der Waals surface area contributed by atoms with Gasteiger partial charge in [-0.25, -0.2) is 0 Å². The molecule has 2 amide bonds. The van der Waals surface area contributed by atoms with Gasteiger partial charge in [0.05, 0.1) is 6.54 Å². The molecule has 1 unspecified atom stereocenters. The zero-order valence-electron chi connectivity index (χ0n) is 11.3. The van der Waals surface area contributed by atoms with Gasteiger partial charge >= 0.3 is 0 Å². The second kappa shape index (κ2) is 8.26. The average Bonchev–Trinajstić information content (AvgIpc) is 2.45. The molecule has 0 bridgehead atoms. The molecule has 0 saturated heterocycles. The van der Waals surface area contributed by atoms with Gasteiger partial charge in [0.1, 0.15) is 6.23 Å². The van der Waals surface area contributed by atoms with Crippen molar-refractivity contribution in [1.82, 2.24) is 10.6 Å². The van der Waals surface area contributed by atoms with Crippen LogP contribution in [0.15, 0.2) is 24.3 Å². The first-order chi connectivity index (χ1) is 9.21. The molecule has 0 aliphatic heterocycles. The number of aryl methyl sites for hydroxylation is 1. The summed E-state index contributed by atoms with van der Waals surface area (Å²) in [5, 5.41) is 5.21. The first-order valence-corrected chi connectivity index (χ1v) is 6.39. The third-order valence-electron chi connectivity index (χ3n) is 2.69. The van der Waals surface area contributed by atoms with E-state index in [-0.39, 0.29) is 12.5 Å². The predicted octanol–water partition coefficient (Wildman–Crippen LogP) is 1.09. The third-order valence-corrected chi connectivity index (χ3v) is 2.69. The van der Waals surface area contributed by atoms with Crippen LogP contribution in [0.3, 0.4) is 0 Å². The van der Waals surface area contributed by atoms with Gasteiger partial charge in [0.2, 0.25) is 6.41 Å². The van der Waals surface area contributed by atoms with Gasteiger partial charge in [0, 0.05) is 12.2 Å². The number of carbonyl (C=O) groups is 2. The van der Waals surface area contributed by atoms with Gasteiger partial charge in [-0.1, -0.05) is 19.1 Å². The molecular weight excluding hydrogens is 244 g/mol. The number of nitrogens with one attached hydrogen (secondary N) is 2. The first-order valence-electron chi connectivity index (χ1n) is 6.39. The maximum atomic E-state index is 11.9. The van der Waals surface area contributed by atoms with Crippen molar-refractivity contribution in [3.8, 4) is 0 Å². The highest BCUT2D eigenvalue weighted by atomic mass is 16.5. The van der Waals surface area contributed by atoms with Crippen LogP contribution in [0.1, 0.15) is 29.8 Å². The summed E-state index contributed by atoms with van der Waals surface area (Å²) in [6.07, 6.45) is 1.00. The van der Waals surface area contributed by atoms with Crippen molar-refractivity contribution >= 4 is 12.3 Å². The zero-order valence-corrected chi connectivity index (χ0v) is 11.3. The van der Waals surface area contributed by atoms with Crippen LogP contribution in [-0.2, 0) is 16.0 Å². The Kier molecular flexibility index (Phi) is 6.60. The van der Waals surface area contributed by atoms with Crippen molar-refractivity contribution in [2.24, 2.45) is 0 Å². The van der Waals surface area contributed by atoms with Crippen LogP contribution >= 0.6 is 0 Å². The minimum absolute atomic E-state index is 0.181. The fourth-order valence-electron chi connectivity index (χ4n) is 1.62. The van der Waals surface area contributed by atoms with Crippen LogP contribution in [0.4, 0.5) is 0 Å². The van der Waals surface area contributed by atoms with Crippen molar-refractivity contribution in [3.05, 3.63) is 35.4 Å². The summed E-state index contributed by atoms with van der Waals surface area (Å²) in [6, 6.07) is 7.44. The van der Waals surface area contributed by atoms with Gasteiger partial charge in [-0.3, -0.25) is 9.59 Å². The van der Waals surface area contributed by atoms with E-state index in [9.17, 15) is 9.59 Å². The number of ether oxygens (including phenoxy) is 1. The summed E-state index contributed by atoms with van der Waals surface area (Å²) in [4.78, 5) is 22.2. The minimum Gasteiger partial charge on any atom is -0.357 e. The van der Waals surface area contributed by atoms with E-state index < -0.39 is 6.23 Å². The Labute approximate surface area is 113 Å². The van der Waals surface area contributed by atoms with E-state index >= 15 is 0 Å². The summed E-state index contributed by atoms with van der Waals surface area (Å²) in [5.41, 5.74) is 1.78. The number of benzene rings is 1. The van der Waals surface area contributed by atoms with Crippen molar-refractivity contribution in [2.75, 3.05) is 13.2 Å². The number of carbonyl (C=O) groups excluding carboxylic acids is 2. The maximum absolute atomic E-state index is 11.9. The van der Waals surface area contributed by atoms with Crippen LogP contribution in [0, 0.1) is 0 Å². The molecular formula is C14H20N2O3. The van der Waals surface area contributed by atoms with Crippen LogP contribution in [-0.4, -0.2) is 31.7 Å². The van der Waals surface area contributed by atoms with E-state index in [1.807, 2.05) is 19.1 Å². The van der Waals surface area contributed by atoms with E-state index in [2.05, 4.69) is 17.6 Å². The molecule has 5 heteroatoms. The maximum Gasteiger partial charge on any atom is 0.251 e. The van der Waals surface area contributed by atoms with Crippen LogP contribution < -0.4 is 10.6 Å². The van der Waals surface area contributed by atoms with E-state index in [1.165, 1.54) is 5.56 Å². The molecule has 1 aromatic rings. The quantitative estimate of drug-likeness (QED) is 0.545. The second-order valence-corrected chi connectivity index (χ2v) is 3.99. The molecule has 0 aliphatic carbocycles. The highest BCUT2D eigenvalue weighted by Gasteiger charge is 2.10. The van der Waals surface area contributed by atoms with Gasteiger partial charge < -0.3 is 15.4 Å². The highest BCUT2D eigenvalue weighted by Crippen LogP contribution is 2.04. The van der Waals surface area contributed by atoms with Gasteiger partial charge in [-0.15, -0.1) is 0 Å². The Morgan fingerprint density at radius 2 is 2.00 bits per heavy atom. The molecule has 0 saturated carbocycles. The molecule has 1 atom stereocenters. The lowest BCUT2D eigenvalue weighted by molar-refractivity contribution is -0.113. The zero-order chi connectivity index (χ0) is 14.1. The van der Waals surface area contributed by atoms with Crippen LogP contribution in [0.5, 0.6) is 0 Å². The molecule has 5 nitrogen and oxygen atoms in total. The Hall–Kier alpha value is -1.88. The van der Waals surface area contributed by atoms with Crippen molar-refractivity contribution in [3.63, 3.8) is 0 Å². The van der Waals surface area contributed by atoms with Gasteiger partial charge in [0.15, 0.2) is 0 Å². The van der Waals surface area contributed by atoms with Gasteiger partial charge in [0.25, 0.3) is 5.91 Å². The number of amides is 2. The molecule has 1 rings (SSSR count). The summed E-state index contributed by atoms with van der Waals surface area (Å²) in [6.45, 7) is 4.59. The van der Waals surface area contributed by atoms with Crippen molar-refractivity contribution in [1.29, 1.82) is 0 Å². The number of rotatable bonds is 8. The second-order valence-electron chi connectivity index (χ2n) is 3.99. The topological polar surface area (TPSA) is 67.4 Å². The minimum atomic E-state index is -0.499. The fourth-order valence-corrected chi connectivity index (χ4v) is 1.62. The third kappa shape index (κ3) is 5.09. The predicted molar refractivity (Wildman–Crippen MR) is 72.8 cm³/mol. The molecule has 0 aromatic heterocycles. The lowest BCUT2D eigenvalue weighted by Gasteiger charge is -2.16. The Balaban J connectivity index is 2.50. The normalized spacial score (nSPS) is 11.7. The van der Waals surface area contributed by atoms with Crippen molar-refractivity contribution in [2.45, 2.75) is 26.5 Å². The molecule has 0 radical (unpaired) electrons. The molecule has 104 valence electrons. The Bertz CT molecular complexity index is 404. The number of hydrogen-bond acceptors (Lipinski definition) is 3. The standard InChI is InChI=1S/C14H20N2O3/c1-3-11-5-7-12(8-6-11)14(18)15-9-13(16-10-17)19-4-2/h5-8,10,13H,3-4,9H2,1-2H3,(H,15,18)(H,16,17). The molecule has 0 aliphatic rings. The summed E-state index contributed by atoms with van der Waals surface area (Å²) < 4.78 is 5.25. The van der Waals surface area contributed by atoms with Crippen molar-refractivity contribution < 1.29 is 14.3 Å². The van der Waals surface area contributed by atoms with E-state index in [1.54, 1.807) is 12.1 Å². The molecule has 19 heavy (non-hydrogen) atoms. The molecule has 1 aromatic carbocycles. The molecule has 0 heterocycles. The molecule has 0 fully saturated rings. The summed E-state index contributed by atoms with van der Waals surface area (Å²) in [5.74, 6) is -0.181. The largest absolute Gasteiger partial charge is 0.357 e. The summed E-state index contributed by atoms with van der Waals surface area (Å²) in [7, 11) is 0. The Morgan fingerprint density at radius 3 is 2.53 bits per heavy atom. The first kappa shape index (κ1) is 15.2. The van der Waals surface area contributed by atoms with Crippen LogP contribution in [0.2, 0.25) is 0 Å². The monoisotopic (exact) mass is 264 g/mol. The lowest BCUT2D eigenvalue weighted by atomic mass is 10.1. The average molecular weight is 264 g/mol. The molecule has 2 N–H and O–H groups in total. The molecule has 0 spiro atoms. The lowest BCUT2D eigenvalue weighted by Crippen LogP contribution is -2.42. The highest BCUT2D eigenvalue weighted by molar-refractivity contribution is 5.94. The summed E-state index contributed by atoms with van der Waals surface area (Å²) >= 11 is 0. The SMILES string of the molecule is CCOC(CNC(=O)c1ccc(CC)cc1)NC=O. The van der Waals surface area contributed by atoms with E-state index in [0.717, 1.165) is 6.42 Å². The smallest absolute Gasteiger partial charge is 0.251 e. The van der Waals surface area contributed by atoms with Gasteiger partial charge in [-0.2, -0.15) is 0 Å². The Morgan fingerprint density at radius 1 is 1.32 bits per heavy atom. The van der Waals surface area contributed by atoms with E-state index in [0.29, 0.717) is 18.6 Å². The van der Waals surface area contributed by atoms with Gasteiger partial charge in [-0.05, 0) is 31.0 Å².